The van der Waals surface area contributed by atoms with E-state index >= 15 is 0 Å². The van der Waals surface area contributed by atoms with Crippen molar-refractivity contribution in [3.63, 3.8) is 0 Å². The summed E-state index contributed by atoms with van der Waals surface area (Å²) >= 11 is 1.43. The third-order valence-corrected chi connectivity index (χ3v) is 5.95. The highest BCUT2D eigenvalue weighted by Gasteiger charge is 2.42. The Kier molecular flexibility index (Phi) is 4.83. The zero-order valence-corrected chi connectivity index (χ0v) is 16.0. The van der Waals surface area contributed by atoms with E-state index in [1.54, 1.807) is 11.0 Å². The van der Waals surface area contributed by atoms with Crippen molar-refractivity contribution in [2.24, 2.45) is 15.9 Å². The molecule has 2 heterocycles. The average molecular weight is 381 g/mol. The maximum atomic E-state index is 13.5. The Morgan fingerprint density at radius 3 is 2.81 bits per heavy atom. The molecule has 6 heteroatoms. The summed E-state index contributed by atoms with van der Waals surface area (Å²) in [6, 6.07) is 13.9. The van der Waals surface area contributed by atoms with E-state index in [4.69, 9.17) is 9.98 Å². The molecule has 0 fully saturated rings. The van der Waals surface area contributed by atoms with Crippen LogP contribution in [0.25, 0.3) is 0 Å². The van der Waals surface area contributed by atoms with Crippen LogP contribution in [0.1, 0.15) is 31.4 Å². The summed E-state index contributed by atoms with van der Waals surface area (Å²) in [5.41, 5.74) is 2.55. The number of amidine groups is 2. The second-order valence-corrected chi connectivity index (χ2v) is 7.73. The summed E-state index contributed by atoms with van der Waals surface area (Å²) < 4.78 is 13.5. The van der Waals surface area contributed by atoms with Gasteiger partial charge in [0.25, 0.3) is 5.91 Å². The lowest BCUT2D eigenvalue weighted by Gasteiger charge is -2.26. The Balaban J connectivity index is 1.68. The third-order valence-electron chi connectivity index (χ3n) is 4.94. The second-order valence-electron chi connectivity index (χ2n) is 6.79. The van der Waals surface area contributed by atoms with Crippen molar-refractivity contribution in [3.05, 3.63) is 65.5 Å². The van der Waals surface area contributed by atoms with E-state index in [0.717, 1.165) is 23.2 Å². The third kappa shape index (κ3) is 3.30. The maximum absolute atomic E-state index is 13.5. The van der Waals surface area contributed by atoms with Crippen LogP contribution in [0.5, 0.6) is 0 Å². The Bertz CT molecular complexity index is 956. The summed E-state index contributed by atoms with van der Waals surface area (Å²) in [6.45, 7) is 4.12. The minimum atomic E-state index is -0.379. The Labute approximate surface area is 162 Å². The lowest BCUT2D eigenvalue weighted by molar-refractivity contribution is -0.125. The molecule has 4 rings (SSSR count). The number of fused-ring (bicyclic) bond motifs is 3. The number of carbonyl (C=O) groups is 1. The zero-order chi connectivity index (χ0) is 19.0. The number of rotatable bonds is 4. The SMILES string of the molecule is CC[C@H](C)[C@@H]1N=C2c3ccccc3N=C(SCc3cccc(F)c3)N2C1=O. The average Bonchev–Trinajstić information content (AvgIpc) is 3.03. The van der Waals surface area contributed by atoms with Crippen LogP contribution >= 0.6 is 11.8 Å². The molecular weight excluding hydrogens is 361 g/mol. The van der Waals surface area contributed by atoms with Crippen molar-refractivity contribution in [1.82, 2.24) is 4.90 Å². The number of hydrogen-bond donors (Lipinski definition) is 0. The molecule has 2 aromatic rings. The first-order chi connectivity index (χ1) is 13.1. The molecule has 0 aliphatic carbocycles. The summed E-state index contributed by atoms with van der Waals surface area (Å²) in [6.07, 6.45) is 0.881. The van der Waals surface area contributed by atoms with E-state index in [9.17, 15) is 9.18 Å². The number of nitrogens with zero attached hydrogens (tertiary/aromatic N) is 3. The fourth-order valence-corrected chi connectivity index (χ4v) is 4.18. The van der Waals surface area contributed by atoms with Gasteiger partial charge in [0.05, 0.1) is 5.69 Å². The normalized spacial score (nSPS) is 19.3. The molecule has 0 spiro atoms. The first-order valence-corrected chi connectivity index (χ1v) is 10.0. The monoisotopic (exact) mass is 381 g/mol. The van der Waals surface area contributed by atoms with E-state index in [1.807, 2.05) is 37.3 Å². The molecule has 0 aromatic heterocycles. The second kappa shape index (κ2) is 7.27. The molecule has 0 N–H and O–H groups in total. The van der Waals surface area contributed by atoms with Crippen molar-refractivity contribution in [1.29, 1.82) is 0 Å². The molecule has 0 saturated heterocycles. The standard InChI is InChI=1S/C21H20FN3OS/c1-3-13(2)18-20(26)25-19(24-18)16-9-4-5-10-17(16)23-21(25)27-12-14-7-6-8-15(22)11-14/h4-11,13,18H,3,12H2,1-2H3/t13-,18-/m0/s1. The zero-order valence-electron chi connectivity index (χ0n) is 15.2. The molecule has 1 amide bonds. The Morgan fingerprint density at radius 1 is 1.22 bits per heavy atom. The highest BCUT2D eigenvalue weighted by atomic mass is 32.2. The minimum Gasteiger partial charge on any atom is -0.271 e. The predicted octanol–water partition coefficient (Wildman–Crippen LogP) is 4.76. The highest BCUT2D eigenvalue weighted by molar-refractivity contribution is 8.13. The van der Waals surface area contributed by atoms with Gasteiger partial charge in [-0.3, -0.25) is 9.79 Å². The van der Waals surface area contributed by atoms with Crippen LogP contribution in [0.4, 0.5) is 10.1 Å². The van der Waals surface area contributed by atoms with E-state index in [1.165, 1.54) is 23.9 Å². The first kappa shape index (κ1) is 17.9. The first-order valence-electron chi connectivity index (χ1n) is 9.05. The van der Waals surface area contributed by atoms with Gasteiger partial charge in [0, 0.05) is 11.3 Å². The Hall–Kier alpha value is -2.47. The van der Waals surface area contributed by atoms with E-state index in [2.05, 4.69) is 6.92 Å². The van der Waals surface area contributed by atoms with Crippen LogP contribution in [0.2, 0.25) is 0 Å². The topological polar surface area (TPSA) is 45.0 Å². The van der Waals surface area contributed by atoms with Gasteiger partial charge in [0.15, 0.2) is 5.17 Å². The number of para-hydroxylation sites is 1. The predicted molar refractivity (Wildman–Crippen MR) is 108 cm³/mol. The number of amides is 1. The molecule has 2 aliphatic rings. The molecule has 4 nitrogen and oxygen atoms in total. The summed E-state index contributed by atoms with van der Waals surface area (Å²) in [5.74, 6) is 1.08. The van der Waals surface area contributed by atoms with Crippen molar-refractivity contribution in [3.8, 4) is 0 Å². The number of carbonyl (C=O) groups excluding carboxylic acids is 1. The Morgan fingerprint density at radius 2 is 2.04 bits per heavy atom. The van der Waals surface area contributed by atoms with Crippen molar-refractivity contribution in [2.75, 3.05) is 0 Å². The van der Waals surface area contributed by atoms with Gasteiger partial charge in [-0.1, -0.05) is 56.3 Å². The molecule has 0 bridgehead atoms. The highest BCUT2D eigenvalue weighted by Crippen LogP contribution is 2.35. The molecule has 0 unspecified atom stereocenters. The smallest absolute Gasteiger partial charge is 0.259 e. The van der Waals surface area contributed by atoms with Crippen LogP contribution in [-0.4, -0.2) is 27.9 Å². The molecular formula is C21H20FN3OS. The van der Waals surface area contributed by atoms with Gasteiger partial charge in [-0.05, 0) is 35.7 Å². The molecule has 2 aliphatic heterocycles. The summed E-state index contributed by atoms with van der Waals surface area (Å²) in [5, 5.41) is 0.604. The van der Waals surface area contributed by atoms with Gasteiger partial charge in [-0.2, -0.15) is 0 Å². The molecule has 0 saturated carbocycles. The lowest BCUT2D eigenvalue weighted by Crippen LogP contribution is -2.42. The van der Waals surface area contributed by atoms with E-state index in [0.29, 0.717) is 16.8 Å². The van der Waals surface area contributed by atoms with Crippen LogP contribution < -0.4 is 0 Å². The van der Waals surface area contributed by atoms with Crippen LogP contribution in [0.3, 0.4) is 0 Å². The molecule has 2 aromatic carbocycles. The van der Waals surface area contributed by atoms with Gasteiger partial charge < -0.3 is 0 Å². The van der Waals surface area contributed by atoms with Crippen LogP contribution in [0.15, 0.2) is 58.5 Å². The van der Waals surface area contributed by atoms with E-state index in [-0.39, 0.29) is 23.7 Å². The van der Waals surface area contributed by atoms with Gasteiger partial charge in [-0.25, -0.2) is 14.3 Å². The largest absolute Gasteiger partial charge is 0.271 e. The van der Waals surface area contributed by atoms with Gasteiger partial charge in [0.2, 0.25) is 0 Å². The fourth-order valence-electron chi connectivity index (χ4n) is 3.23. The molecule has 138 valence electrons. The fraction of sp³-hybridized carbons (Fsp3) is 0.286. The number of hydrogen-bond acceptors (Lipinski definition) is 4. The van der Waals surface area contributed by atoms with Crippen molar-refractivity contribution >= 4 is 34.4 Å². The maximum Gasteiger partial charge on any atom is 0.259 e. The van der Waals surface area contributed by atoms with Crippen molar-refractivity contribution in [2.45, 2.75) is 32.1 Å². The van der Waals surface area contributed by atoms with Crippen molar-refractivity contribution < 1.29 is 9.18 Å². The molecule has 27 heavy (non-hydrogen) atoms. The van der Waals surface area contributed by atoms with Gasteiger partial charge >= 0.3 is 0 Å². The summed E-state index contributed by atoms with van der Waals surface area (Å²) in [4.78, 5) is 24.2. The van der Waals surface area contributed by atoms with Gasteiger partial charge in [-0.15, -0.1) is 0 Å². The number of thioether (sulfide) groups is 1. The van der Waals surface area contributed by atoms with Gasteiger partial charge in [0.1, 0.15) is 17.7 Å². The number of aliphatic imine (C=N–C) groups is 2. The van der Waals surface area contributed by atoms with Crippen LogP contribution in [-0.2, 0) is 10.5 Å². The number of benzene rings is 2. The van der Waals surface area contributed by atoms with Crippen LogP contribution in [0, 0.1) is 11.7 Å². The summed E-state index contributed by atoms with van der Waals surface area (Å²) in [7, 11) is 0. The molecule has 2 atom stereocenters. The lowest BCUT2D eigenvalue weighted by atomic mass is 10.00. The quantitative estimate of drug-likeness (QED) is 0.766. The minimum absolute atomic E-state index is 0.0284. The van der Waals surface area contributed by atoms with E-state index < -0.39 is 0 Å². The molecule has 0 radical (unpaired) electrons. The number of halogens is 1.